The highest BCUT2D eigenvalue weighted by Crippen LogP contribution is 2.57. The Labute approximate surface area is 149 Å². The molecule has 0 unspecified atom stereocenters. The molecule has 0 aromatic carbocycles. The van der Waals surface area contributed by atoms with Crippen LogP contribution in [0.2, 0.25) is 0 Å². The molecule has 162 valence electrons. The Morgan fingerprint density at radius 2 is 1.00 bits per heavy atom. The Hall–Kier alpha value is -1.23. The number of hydrogen-bond donors (Lipinski definition) is 0. The van der Waals surface area contributed by atoms with Gasteiger partial charge in [-0.2, -0.15) is 48.3 Å². The van der Waals surface area contributed by atoms with Gasteiger partial charge in [0.2, 0.25) is 0 Å². The molecule has 0 aliphatic rings. The zero-order valence-electron chi connectivity index (χ0n) is 14.8. The monoisotopic (exact) mass is 423 g/mol. The number of allylic oxidation sites excluding steroid dienone is 1. The van der Waals surface area contributed by atoms with Crippen LogP contribution in [0.5, 0.6) is 0 Å². The molecular formula is C15H20F11N. The standard InChI is InChI=1S/C15H20F11N/c1-9(2)7-27(8-10(3)4)6-5-11(16,17)12(18,19)13(20,21)14(22,23)15(24,25)26/h5-6,9-10H,7-8H2,1-4H3/b6-5+. The normalized spacial score (nSPS) is 15.3. The van der Waals surface area contributed by atoms with Gasteiger partial charge in [0.15, 0.2) is 0 Å². The number of rotatable bonds is 9. The Kier molecular flexibility index (Phi) is 7.66. The molecule has 0 fully saturated rings. The molecule has 12 heteroatoms. The highest BCUT2D eigenvalue weighted by molar-refractivity contribution is 5.13. The fourth-order valence-electron chi connectivity index (χ4n) is 2.02. The lowest BCUT2D eigenvalue weighted by molar-refractivity contribution is -0.417. The molecule has 0 saturated heterocycles. The lowest BCUT2D eigenvalue weighted by Crippen LogP contribution is -2.66. The smallest absolute Gasteiger partial charge is 0.377 e. The number of alkyl halides is 11. The van der Waals surface area contributed by atoms with Gasteiger partial charge >= 0.3 is 29.9 Å². The second kappa shape index (κ2) is 8.02. The first kappa shape index (κ1) is 25.8. The highest BCUT2D eigenvalue weighted by Gasteiger charge is 2.86. The van der Waals surface area contributed by atoms with Crippen molar-refractivity contribution in [2.75, 3.05) is 13.1 Å². The fraction of sp³-hybridized carbons (Fsp3) is 0.867. The molecular weight excluding hydrogens is 403 g/mol. The van der Waals surface area contributed by atoms with Gasteiger partial charge in [-0.1, -0.05) is 27.7 Å². The van der Waals surface area contributed by atoms with Gasteiger partial charge in [0.05, 0.1) is 0 Å². The molecule has 27 heavy (non-hydrogen) atoms. The summed E-state index contributed by atoms with van der Waals surface area (Å²) in [4.78, 5) is 1.05. The fourth-order valence-corrected chi connectivity index (χ4v) is 2.02. The topological polar surface area (TPSA) is 3.24 Å². The van der Waals surface area contributed by atoms with Crippen molar-refractivity contribution in [2.24, 2.45) is 11.8 Å². The van der Waals surface area contributed by atoms with E-state index in [1.807, 2.05) is 0 Å². The molecule has 0 bridgehead atoms. The summed E-state index contributed by atoms with van der Waals surface area (Å²) < 4.78 is 142. The summed E-state index contributed by atoms with van der Waals surface area (Å²) in [5.74, 6) is -28.1. The third-order valence-electron chi connectivity index (χ3n) is 3.26. The maximum atomic E-state index is 13.6. The van der Waals surface area contributed by atoms with Crippen LogP contribution in [-0.4, -0.2) is 47.9 Å². The summed E-state index contributed by atoms with van der Waals surface area (Å²) in [6.07, 6.45) is -7.63. The van der Waals surface area contributed by atoms with Crippen LogP contribution in [0, 0.1) is 11.8 Å². The second-order valence-electron chi connectivity index (χ2n) is 6.90. The van der Waals surface area contributed by atoms with Gasteiger partial charge < -0.3 is 4.90 Å². The van der Waals surface area contributed by atoms with E-state index < -0.39 is 35.9 Å². The predicted molar refractivity (Wildman–Crippen MR) is 76.2 cm³/mol. The van der Waals surface area contributed by atoms with Crippen LogP contribution < -0.4 is 0 Å². The third kappa shape index (κ3) is 5.40. The quantitative estimate of drug-likeness (QED) is 0.398. The molecule has 1 nitrogen and oxygen atoms in total. The van der Waals surface area contributed by atoms with Crippen molar-refractivity contribution in [1.29, 1.82) is 0 Å². The first-order chi connectivity index (χ1) is 11.7. The van der Waals surface area contributed by atoms with E-state index in [-0.39, 0.29) is 24.9 Å². The van der Waals surface area contributed by atoms with Crippen LogP contribution in [0.3, 0.4) is 0 Å². The number of halogens is 11. The third-order valence-corrected chi connectivity index (χ3v) is 3.26. The van der Waals surface area contributed by atoms with E-state index >= 15 is 0 Å². The Bertz CT molecular complexity index is 496. The van der Waals surface area contributed by atoms with Crippen molar-refractivity contribution >= 4 is 0 Å². The summed E-state index contributed by atoms with van der Waals surface area (Å²) in [5.41, 5.74) is 0. The molecule has 0 aliphatic carbocycles. The lowest BCUT2D eigenvalue weighted by Gasteiger charge is -2.36. The van der Waals surface area contributed by atoms with Crippen molar-refractivity contribution in [2.45, 2.75) is 57.6 Å². The summed E-state index contributed by atoms with van der Waals surface area (Å²) >= 11 is 0. The van der Waals surface area contributed by atoms with Crippen molar-refractivity contribution in [3.63, 3.8) is 0 Å². The minimum atomic E-state index is -7.38. The van der Waals surface area contributed by atoms with Crippen LogP contribution >= 0.6 is 0 Å². The molecule has 0 aromatic heterocycles. The molecule has 0 amide bonds. The molecule has 0 saturated carbocycles. The van der Waals surface area contributed by atoms with Crippen LogP contribution in [-0.2, 0) is 0 Å². The van der Waals surface area contributed by atoms with E-state index in [0.29, 0.717) is 6.20 Å². The predicted octanol–water partition coefficient (Wildman–Crippen LogP) is 6.22. The first-order valence-corrected chi connectivity index (χ1v) is 7.72. The average Bonchev–Trinajstić information content (AvgIpc) is 2.41. The Morgan fingerprint density at radius 1 is 0.630 bits per heavy atom. The van der Waals surface area contributed by atoms with E-state index in [0.717, 1.165) is 4.90 Å². The summed E-state index contributed by atoms with van der Waals surface area (Å²) in [6.45, 7) is 6.59. The molecule has 0 rings (SSSR count). The maximum Gasteiger partial charge on any atom is 0.460 e. The molecule has 0 heterocycles. The molecule has 0 aliphatic heterocycles. The lowest BCUT2D eigenvalue weighted by atomic mass is 9.98. The highest BCUT2D eigenvalue weighted by atomic mass is 19.4. The van der Waals surface area contributed by atoms with Gasteiger partial charge in [-0.05, 0) is 11.8 Å². The first-order valence-electron chi connectivity index (χ1n) is 7.72. The van der Waals surface area contributed by atoms with Gasteiger partial charge in [0.25, 0.3) is 0 Å². The van der Waals surface area contributed by atoms with Crippen LogP contribution in [0.25, 0.3) is 0 Å². The minimum Gasteiger partial charge on any atom is -0.377 e. The van der Waals surface area contributed by atoms with Gasteiger partial charge in [0, 0.05) is 25.4 Å². The molecule has 0 radical (unpaired) electrons. The van der Waals surface area contributed by atoms with Crippen molar-refractivity contribution < 1.29 is 48.3 Å². The summed E-state index contributed by atoms with van der Waals surface area (Å²) in [7, 11) is 0. The van der Waals surface area contributed by atoms with E-state index in [1.165, 1.54) is 0 Å². The van der Waals surface area contributed by atoms with Crippen LogP contribution in [0.4, 0.5) is 48.3 Å². The van der Waals surface area contributed by atoms with Crippen molar-refractivity contribution in [3.05, 3.63) is 12.3 Å². The maximum absolute atomic E-state index is 13.6. The van der Waals surface area contributed by atoms with E-state index in [9.17, 15) is 48.3 Å². The Morgan fingerprint density at radius 3 is 1.30 bits per heavy atom. The molecule has 0 aromatic rings. The number of nitrogens with zero attached hydrogens (tertiary/aromatic N) is 1. The number of hydrogen-bond acceptors (Lipinski definition) is 1. The van der Waals surface area contributed by atoms with Crippen molar-refractivity contribution in [1.82, 2.24) is 4.90 Å². The Balaban J connectivity index is 5.88. The van der Waals surface area contributed by atoms with Crippen LogP contribution in [0.1, 0.15) is 27.7 Å². The molecule has 0 N–H and O–H groups in total. The average molecular weight is 423 g/mol. The van der Waals surface area contributed by atoms with Gasteiger partial charge in [-0.3, -0.25) is 0 Å². The van der Waals surface area contributed by atoms with E-state index in [4.69, 9.17) is 0 Å². The van der Waals surface area contributed by atoms with E-state index in [1.54, 1.807) is 27.7 Å². The van der Waals surface area contributed by atoms with E-state index in [2.05, 4.69) is 0 Å². The largest absolute Gasteiger partial charge is 0.460 e. The SMILES string of the molecule is CC(C)CN(/C=C/C(F)(F)C(F)(F)C(F)(F)C(F)(F)C(F)(F)F)CC(C)C. The van der Waals surface area contributed by atoms with Crippen molar-refractivity contribution in [3.8, 4) is 0 Å². The molecule has 0 atom stereocenters. The molecule has 0 spiro atoms. The summed E-state index contributed by atoms with van der Waals surface area (Å²) in [6, 6.07) is 0. The van der Waals surface area contributed by atoms with Crippen LogP contribution in [0.15, 0.2) is 12.3 Å². The zero-order valence-corrected chi connectivity index (χ0v) is 14.8. The van der Waals surface area contributed by atoms with Gasteiger partial charge in [-0.15, -0.1) is 0 Å². The summed E-state index contributed by atoms with van der Waals surface area (Å²) in [5, 5.41) is 0. The minimum absolute atomic E-state index is 0.0332. The van der Waals surface area contributed by atoms with Gasteiger partial charge in [0.1, 0.15) is 0 Å². The van der Waals surface area contributed by atoms with Gasteiger partial charge in [-0.25, -0.2) is 0 Å². The zero-order chi connectivity index (χ0) is 22.1. The second-order valence-corrected chi connectivity index (χ2v) is 6.90.